The first-order valence-electron chi connectivity index (χ1n) is 7.18. The maximum absolute atomic E-state index is 11.5. The van der Waals surface area contributed by atoms with Crippen LogP contribution in [-0.2, 0) is 19.1 Å². The van der Waals surface area contributed by atoms with E-state index >= 15 is 0 Å². The molecule has 0 bridgehead atoms. The second kappa shape index (κ2) is 11.7. The van der Waals surface area contributed by atoms with Crippen LogP contribution >= 0.6 is 67.8 Å². The predicted molar refractivity (Wildman–Crippen MR) is 116 cm³/mol. The molecule has 0 heterocycles. The lowest BCUT2D eigenvalue weighted by molar-refractivity contribution is -0.156. The number of carbonyl (C=O) groups excluding carboxylic acids is 2. The highest BCUT2D eigenvalue weighted by atomic mass is 127. The molecule has 134 valence electrons. The highest BCUT2D eigenvalue weighted by Gasteiger charge is 2.16. The maximum atomic E-state index is 11.5. The van der Waals surface area contributed by atoms with Crippen molar-refractivity contribution >= 4 is 85.3 Å². The normalized spacial score (nSPS) is 10.4. The zero-order chi connectivity index (χ0) is 18.1. The lowest BCUT2D eigenvalue weighted by Crippen LogP contribution is -2.12. The summed E-state index contributed by atoms with van der Waals surface area (Å²) < 4.78 is 18.4. The molecule has 9 heteroatoms. The second-order valence-corrected chi connectivity index (χ2v) is 8.02. The van der Waals surface area contributed by atoms with Crippen LogP contribution in [0.15, 0.2) is 6.07 Å². The van der Waals surface area contributed by atoms with Gasteiger partial charge in [0.1, 0.15) is 5.75 Å². The molecular weight excluding hydrogens is 655 g/mol. The molecule has 1 aromatic rings. The van der Waals surface area contributed by atoms with E-state index in [9.17, 15) is 9.59 Å². The van der Waals surface area contributed by atoms with E-state index in [1.807, 2.05) is 13.0 Å². The number of esters is 1. The Morgan fingerprint density at radius 2 is 1.92 bits per heavy atom. The first-order valence-corrected chi connectivity index (χ1v) is 10.4. The maximum Gasteiger partial charge on any atom is 0.308 e. The lowest BCUT2D eigenvalue weighted by atomic mass is 10.3. The summed E-state index contributed by atoms with van der Waals surface area (Å²) in [6.07, 6.45) is 0.807. The lowest BCUT2D eigenvalue weighted by Gasteiger charge is -2.15. The number of amides is 1. The number of anilines is 1. The summed E-state index contributed by atoms with van der Waals surface area (Å²) in [7, 11) is 0. The molecule has 0 fully saturated rings. The van der Waals surface area contributed by atoms with Crippen LogP contribution in [0.2, 0.25) is 0 Å². The molecule has 0 radical (unpaired) electrons. The van der Waals surface area contributed by atoms with Crippen molar-refractivity contribution in [3.8, 4) is 5.75 Å². The molecule has 0 aliphatic rings. The third kappa shape index (κ3) is 7.56. The van der Waals surface area contributed by atoms with E-state index in [0.29, 0.717) is 25.4 Å². The summed E-state index contributed by atoms with van der Waals surface area (Å²) in [4.78, 5) is 22.8. The number of ether oxygens (including phenoxy) is 3. The second-order valence-electron chi connectivity index (χ2n) is 4.62. The molecule has 1 amide bonds. The Balaban J connectivity index is 2.59. The molecule has 0 saturated heterocycles. The Bertz CT molecular complexity index is 595. The minimum Gasteiger partial charge on any atom is -0.491 e. The van der Waals surface area contributed by atoms with Crippen molar-refractivity contribution in [1.82, 2.24) is 0 Å². The average molecular weight is 673 g/mol. The van der Waals surface area contributed by atoms with E-state index in [0.717, 1.165) is 16.4 Å². The number of benzene rings is 1. The van der Waals surface area contributed by atoms with E-state index in [1.54, 1.807) is 0 Å². The van der Waals surface area contributed by atoms with E-state index in [-0.39, 0.29) is 25.1 Å². The van der Waals surface area contributed by atoms with E-state index in [4.69, 9.17) is 14.2 Å². The van der Waals surface area contributed by atoms with Gasteiger partial charge in [0, 0.05) is 23.5 Å². The number of hydrogen-bond donors (Lipinski definition) is 1. The van der Waals surface area contributed by atoms with E-state index in [1.165, 1.54) is 6.92 Å². The fourth-order valence-corrected chi connectivity index (χ4v) is 5.60. The van der Waals surface area contributed by atoms with Crippen molar-refractivity contribution < 1.29 is 23.8 Å². The van der Waals surface area contributed by atoms with Gasteiger partial charge in [-0.2, -0.15) is 0 Å². The van der Waals surface area contributed by atoms with Crippen LogP contribution in [0.4, 0.5) is 5.69 Å². The smallest absolute Gasteiger partial charge is 0.308 e. The Morgan fingerprint density at radius 1 is 1.21 bits per heavy atom. The van der Waals surface area contributed by atoms with Gasteiger partial charge >= 0.3 is 5.97 Å². The van der Waals surface area contributed by atoms with Gasteiger partial charge in [-0.25, -0.2) is 0 Å². The molecule has 1 N–H and O–H groups in total. The van der Waals surface area contributed by atoms with E-state index in [2.05, 4.69) is 73.1 Å². The highest BCUT2D eigenvalue weighted by Crippen LogP contribution is 2.37. The Morgan fingerprint density at radius 3 is 2.54 bits per heavy atom. The first-order chi connectivity index (χ1) is 11.4. The molecule has 0 unspecified atom stereocenters. The Labute approximate surface area is 182 Å². The van der Waals surface area contributed by atoms with Gasteiger partial charge in [0.15, 0.2) is 6.79 Å². The standard InChI is InChI=1S/C15H18I3NO5/c1-3-22-8-24-12(21)5-4-6-23-15-11(17)7-10(16)14(13(15)18)19-9(2)20/h7H,3-6,8H2,1-2H3,(H,19,20). The van der Waals surface area contributed by atoms with Crippen molar-refractivity contribution in [3.63, 3.8) is 0 Å². The molecule has 0 aliphatic heterocycles. The zero-order valence-corrected chi connectivity index (χ0v) is 19.8. The van der Waals surface area contributed by atoms with Crippen LogP contribution in [0.1, 0.15) is 26.7 Å². The monoisotopic (exact) mass is 673 g/mol. The number of hydrogen-bond acceptors (Lipinski definition) is 5. The number of rotatable bonds is 9. The quantitative estimate of drug-likeness (QED) is 0.185. The van der Waals surface area contributed by atoms with Gasteiger partial charge in [0.2, 0.25) is 5.91 Å². The summed E-state index contributed by atoms with van der Waals surface area (Å²) in [5.74, 6) is 0.274. The molecule has 0 aromatic heterocycles. The highest BCUT2D eigenvalue weighted by molar-refractivity contribution is 14.1. The van der Waals surface area contributed by atoms with Gasteiger partial charge in [-0.1, -0.05) is 0 Å². The van der Waals surface area contributed by atoms with Crippen molar-refractivity contribution in [2.45, 2.75) is 26.7 Å². The van der Waals surface area contributed by atoms with Crippen LogP contribution in [0.3, 0.4) is 0 Å². The topological polar surface area (TPSA) is 73.9 Å². The van der Waals surface area contributed by atoms with E-state index < -0.39 is 0 Å². The third-order valence-corrected chi connectivity index (χ3v) is 5.39. The van der Waals surface area contributed by atoms with Crippen molar-refractivity contribution in [1.29, 1.82) is 0 Å². The third-order valence-electron chi connectivity index (χ3n) is 2.71. The summed E-state index contributed by atoms with van der Waals surface area (Å²) >= 11 is 6.53. The SMILES string of the molecule is CCOCOC(=O)CCCOc1c(I)cc(I)c(NC(C)=O)c1I. The first kappa shape index (κ1) is 22.2. The Hall–Kier alpha value is 0.110. The van der Waals surface area contributed by atoms with Gasteiger partial charge in [0.25, 0.3) is 0 Å². The molecule has 1 aromatic carbocycles. The Kier molecular flexibility index (Phi) is 10.8. The minimum atomic E-state index is -0.307. The molecule has 0 aliphatic carbocycles. The zero-order valence-electron chi connectivity index (χ0n) is 13.3. The summed E-state index contributed by atoms with van der Waals surface area (Å²) in [5.41, 5.74) is 0.746. The molecule has 0 saturated carbocycles. The fraction of sp³-hybridized carbons (Fsp3) is 0.467. The van der Waals surface area contributed by atoms with Crippen molar-refractivity contribution in [2.24, 2.45) is 0 Å². The van der Waals surface area contributed by atoms with Crippen LogP contribution in [0.5, 0.6) is 5.75 Å². The van der Waals surface area contributed by atoms with Gasteiger partial charge in [-0.05, 0) is 87.2 Å². The molecule has 1 rings (SSSR count). The predicted octanol–water partition coefficient (Wildman–Crippen LogP) is 4.16. The van der Waals surface area contributed by atoms with Gasteiger partial charge < -0.3 is 19.5 Å². The van der Waals surface area contributed by atoms with Crippen LogP contribution < -0.4 is 10.1 Å². The largest absolute Gasteiger partial charge is 0.491 e. The van der Waals surface area contributed by atoms with Crippen LogP contribution in [0, 0.1) is 10.7 Å². The van der Waals surface area contributed by atoms with Crippen molar-refractivity contribution in [2.75, 3.05) is 25.3 Å². The molecular formula is C15H18I3NO5. The summed E-state index contributed by atoms with van der Waals surface area (Å²) in [6, 6.07) is 1.94. The number of carbonyl (C=O) groups is 2. The number of halogens is 3. The van der Waals surface area contributed by atoms with Crippen LogP contribution in [-0.4, -0.2) is 31.9 Å². The molecule has 6 nitrogen and oxygen atoms in total. The molecule has 0 atom stereocenters. The van der Waals surface area contributed by atoms with Gasteiger partial charge in [-0.3, -0.25) is 9.59 Å². The van der Waals surface area contributed by atoms with Gasteiger partial charge in [-0.15, -0.1) is 0 Å². The molecule has 0 spiro atoms. The summed E-state index contributed by atoms with van der Waals surface area (Å²) in [6.45, 7) is 4.19. The van der Waals surface area contributed by atoms with Crippen LogP contribution in [0.25, 0.3) is 0 Å². The average Bonchev–Trinajstić information content (AvgIpc) is 2.50. The minimum absolute atomic E-state index is 0.0107. The van der Waals surface area contributed by atoms with Crippen molar-refractivity contribution in [3.05, 3.63) is 16.8 Å². The fourth-order valence-electron chi connectivity index (χ4n) is 1.65. The number of nitrogens with one attached hydrogen (secondary N) is 1. The summed E-state index contributed by atoms with van der Waals surface area (Å²) in [5, 5.41) is 2.82. The molecule has 24 heavy (non-hydrogen) atoms. The van der Waals surface area contributed by atoms with Gasteiger partial charge in [0.05, 0.1) is 19.4 Å².